The molecule has 1 amide bonds. The Hall–Kier alpha value is -2.65. The summed E-state index contributed by atoms with van der Waals surface area (Å²) in [6, 6.07) is 11.9. The molecule has 162 valence electrons. The number of thiophene rings is 1. The van der Waals surface area contributed by atoms with Crippen molar-refractivity contribution in [1.29, 1.82) is 0 Å². The van der Waals surface area contributed by atoms with Crippen LogP contribution in [0.4, 0.5) is 5.82 Å². The van der Waals surface area contributed by atoms with E-state index in [4.69, 9.17) is 10.1 Å². The number of carboxylic acid groups (broad SMARTS) is 1. The average molecular weight is 457 g/mol. The van der Waals surface area contributed by atoms with Crippen molar-refractivity contribution in [2.75, 3.05) is 36.8 Å². The van der Waals surface area contributed by atoms with Gasteiger partial charge in [0.1, 0.15) is 10.6 Å². The molecule has 3 aromatic rings. The number of benzene rings is 1. The minimum absolute atomic E-state index is 0.0707. The van der Waals surface area contributed by atoms with Gasteiger partial charge in [0, 0.05) is 31.1 Å². The van der Waals surface area contributed by atoms with Crippen LogP contribution in [0.2, 0.25) is 0 Å². The summed E-state index contributed by atoms with van der Waals surface area (Å²) in [4.78, 5) is 39.2. The number of aromatic nitrogens is 2. The Morgan fingerprint density at radius 1 is 1.13 bits per heavy atom. The second-order valence-corrected chi connectivity index (χ2v) is 9.39. The zero-order chi connectivity index (χ0) is 21.8. The van der Waals surface area contributed by atoms with E-state index in [9.17, 15) is 9.59 Å². The van der Waals surface area contributed by atoms with Crippen LogP contribution in [0.15, 0.2) is 41.6 Å². The molecule has 2 aromatic heterocycles. The molecule has 7 nitrogen and oxygen atoms in total. The standard InChI is InChI=1S/C22H24N4O3S2/c1-2-16-13-17-20(23-22(24-21(17)31-16)30-14-19(28)29)26-10-8-25(9-11-26)18(27)12-15-6-4-3-5-7-15/h3-7,13H,2,8-12,14H2,1H3,(H,28,29). The summed E-state index contributed by atoms with van der Waals surface area (Å²) in [6.45, 7) is 4.76. The molecule has 0 radical (unpaired) electrons. The largest absolute Gasteiger partial charge is 0.481 e. The first-order chi connectivity index (χ1) is 15.0. The molecular weight excluding hydrogens is 432 g/mol. The third-order valence-corrected chi connectivity index (χ3v) is 7.21. The highest BCUT2D eigenvalue weighted by Crippen LogP contribution is 2.33. The van der Waals surface area contributed by atoms with E-state index >= 15 is 0 Å². The van der Waals surface area contributed by atoms with Crippen molar-refractivity contribution in [1.82, 2.24) is 14.9 Å². The summed E-state index contributed by atoms with van der Waals surface area (Å²) >= 11 is 2.77. The van der Waals surface area contributed by atoms with Crippen LogP contribution < -0.4 is 4.90 Å². The zero-order valence-corrected chi connectivity index (χ0v) is 18.9. The summed E-state index contributed by atoms with van der Waals surface area (Å²) < 4.78 is 0. The van der Waals surface area contributed by atoms with Gasteiger partial charge in [-0.2, -0.15) is 0 Å². The maximum atomic E-state index is 12.7. The van der Waals surface area contributed by atoms with Crippen molar-refractivity contribution in [2.45, 2.75) is 24.9 Å². The minimum atomic E-state index is -0.888. The SMILES string of the molecule is CCc1cc2c(N3CCN(C(=O)Cc4ccccc4)CC3)nc(SCC(=O)O)nc2s1. The Balaban J connectivity index is 1.50. The van der Waals surface area contributed by atoms with Crippen LogP contribution in [-0.4, -0.2) is 63.8 Å². The van der Waals surface area contributed by atoms with Crippen LogP contribution in [-0.2, 0) is 22.4 Å². The second kappa shape index (κ2) is 9.65. The summed E-state index contributed by atoms with van der Waals surface area (Å²) in [5, 5.41) is 10.5. The first-order valence-corrected chi connectivity index (χ1v) is 12.1. The van der Waals surface area contributed by atoms with Crippen molar-refractivity contribution < 1.29 is 14.7 Å². The van der Waals surface area contributed by atoms with Gasteiger partial charge in [0.2, 0.25) is 5.91 Å². The molecule has 1 N–H and O–H groups in total. The van der Waals surface area contributed by atoms with Gasteiger partial charge in [0.25, 0.3) is 0 Å². The van der Waals surface area contributed by atoms with Gasteiger partial charge in [-0.1, -0.05) is 49.0 Å². The van der Waals surface area contributed by atoms with Crippen molar-refractivity contribution in [3.05, 3.63) is 46.8 Å². The van der Waals surface area contributed by atoms with Crippen LogP contribution >= 0.6 is 23.1 Å². The van der Waals surface area contributed by atoms with E-state index in [1.165, 1.54) is 4.88 Å². The Morgan fingerprint density at radius 2 is 1.87 bits per heavy atom. The molecule has 1 aromatic carbocycles. The molecular formula is C22H24N4O3S2. The Kier molecular flexibility index (Phi) is 6.72. The van der Waals surface area contributed by atoms with Gasteiger partial charge in [-0.05, 0) is 18.1 Å². The van der Waals surface area contributed by atoms with Crippen LogP contribution in [0.5, 0.6) is 0 Å². The summed E-state index contributed by atoms with van der Waals surface area (Å²) in [5.74, 6) is 0.0176. The van der Waals surface area contributed by atoms with Crippen molar-refractivity contribution in [2.24, 2.45) is 0 Å². The smallest absolute Gasteiger partial charge is 0.313 e. The number of thioether (sulfide) groups is 1. The van der Waals surface area contributed by atoms with Crippen molar-refractivity contribution in [3.8, 4) is 0 Å². The third-order valence-electron chi connectivity index (χ3n) is 5.21. The Labute approximate surface area is 189 Å². The number of anilines is 1. The van der Waals surface area contributed by atoms with Gasteiger partial charge in [-0.25, -0.2) is 9.97 Å². The predicted molar refractivity (Wildman–Crippen MR) is 124 cm³/mol. The molecule has 0 atom stereocenters. The van der Waals surface area contributed by atoms with Gasteiger partial charge in [0.05, 0.1) is 17.6 Å². The topological polar surface area (TPSA) is 86.6 Å². The van der Waals surface area contributed by atoms with E-state index in [1.54, 1.807) is 11.3 Å². The first-order valence-electron chi connectivity index (χ1n) is 10.2. The monoisotopic (exact) mass is 456 g/mol. The van der Waals surface area contributed by atoms with Gasteiger partial charge in [-0.3, -0.25) is 9.59 Å². The maximum absolute atomic E-state index is 12.7. The number of aryl methyl sites for hydroxylation is 1. The molecule has 0 bridgehead atoms. The number of hydrogen-bond acceptors (Lipinski definition) is 7. The highest BCUT2D eigenvalue weighted by atomic mass is 32.2. The third kappa shape index (κ3) is 5.16. The number of amides is 1. The molecule has 9 heteroatoms. The van der Waals surface area contributed by atoms with Crippen LogP contribution in [0, 0.1) is 0 Å². The number of piperazine rings is 1. The van der Waals surface area contributed by atoms with E-state index in [0.29, 0.717) is 37.8 Å². The Morgan fingerprint density at radius 3 is 2.55 bits per heavy atom. The number of hydrogen-bond donors (Lipinski definition) is 1. The maximum Gasteiger partial charge on any atom is 0.313 e. The van der Waals surface area contributed by atoms with Gasteiger partial charge < -0.3 is 14.9 Å². The van der Waals surface area contributed by atoms with E-state index in [2.05, 4.69) is 22.9 Å². The Bertz CT molecular complexity index is 1080. The molecule has 1 aliphatic rings. The van der Waals surface area contributed by atoms with E-state index in [0.717, 1.165) is 39.8 Å². The van der Waals surface area contributed by atoms with Gasteiger partial charge in [0.15, 0.2) is 5.16 Å². The normalized spacial score (nSPS) is 14.2. The molecule has 1 saturated heterocycles. The molecule has 3 heterocycles. The summed E-state index contributed by atoms with van der Waals surface area (Å²) in [7, 11) is 0. The molecule has 31 heavy (non-hydrogen) atoms. The molecule has 0 spiro atoms. The number of carbonyl (C=O) groups is 2. The fraction of sp³-hybridized carbons (Fsp3) is 0.364. The lowest BCUT2D eigenvalue weighted by atomic mass is 10.1. The second-order valence-electron chi connectivity index (χ2n) is 7.33. The molecule has 0 aliphatic carbocycles. The predicted octanol–water partition coefficient (Wildman–Crippen LogP) is 3.32. The molecule has 4 rings (SSSR count). The fourth-order valence-electron chi connectivity index (χ4n) is 3.59. The van der Waals surface area contributed by atoms with E-state index < -0.39 is 5.97 Å². The molecule has 1 fully saturated rings. The van der Waals surface area contributed by atoms with E-state index in [1.807, 2.05) is 35.2 Å². The van der Waals surface area contributed by atoms with Crippen LogP contribution in [0.1, 0.15) is 17.4 Å². The van der Waals surface area contributed by atoms with Crippen molar-refractivity contribution in [3.63, 3.8) is 0 Å². The quantitative estimate of drug-likeness (QED) is 0.431. The summed E-state index contributed by atoms with van der Waals surface area (Å²) in [5.41, 5.74) is 1.03. The fourth-order valence-corrected chi connectivity index (χ4v) is 5.17. The number of carboxylic acids is 1. The van der Waals surface area contributed by atoms with Gasteiger partial charge >= 0.3 is 5.97 Å². The van der Waals surface area contributed by atoms with Crippen molar-refractivity contribution >= 4 is 51.0 Å². The molecule has 1 aliphatic heterocycles. The summed E-state index contributed by atoms with van der Waals surface area (Å²) in [6.07, 6.45) is 1.33. The lowest BCUT2D eigenvalue weighted by Crippen LogP contribution is -2.49. The number of rotatable bonds is 7. The average Bonchev–Trinajstić information content (AvgIpc) is 3.21. The molecule has 0 unspecified atom stereocenters. The molecule has 0 saturated carbocycles. The number of aliphatic carboxylic acids is 1. The highest BCUT2D eigenvalue weighted by molar-refractivity contribution is 7.99. The van der Waals surface area contributed by atoms with Gasteiger partial charge in [-0.15, -0.1) is 11.3 Å². The highest BCUT2D eigenvalue weighted by Gasteiger charge is 2.24. The van der Waals surface area contributed by atoms with Crippen LogP contribution in [0.3, 0.4) is 0 Å². The lowest BCUT2D eigenvalue weighted by molar-refractivity contribution is -0.134. The minimum Gasteiger partial charge on any atom is -0.481 e. The first kappa shape index (κ1) is 21.6. The van der Waals surface area contributed by atoms with E-state index in [-0.39, 0.29) is 11.7 Å². The van der Waals surface area contributed by atoms with Crippen LogP contribution in [0.25, 0.3) is 10.2 Å². The lowest BCUT2D eigenvalue weighted by Gasteiger charge is -2.35. The zero-order valence-electron chi connectivity index (χ0n) is 17.3. The number of nitrogens with zero attached hydrogens (tertiary/aromatic N) is 4. The number of carbonyl (C=O) groups excluding carboxylic acids is 1. The number of fused-ring (bicyclic) bond motifs is 1.